The van der Waals surface area contributed by atoms with Crippen molar-refractivity contribution in [3.05, 3.63) is 0 Å². The minimum atomic E-state index is -0.332. The van der Waals surface area contributed by atoms with Crippen molar-refractivity contribution in [3.8, 4) is 0 Å². The fraction of sp³-hybridized carbons (Fsp3) is 1.00. The molecule has 3 atom stereocenters. The van der Waals surface area contributed by atoms with E-state index in [1.165, 1.54) is 0 Å². The fourth-order valence-corrected chi connectivity index (χ4v) is 3.07. The molecular weight excluding hydrogens is 180 g/mol. The summed E-state index contributed by atoms with van der Waals surface area (Å²) in [5.74, 6) is 0.602. The van der Waals surface area contributed by atoms with E-state index in [0.717, 1.165) is 32.1 Å². The minimum Gasteiger partial charge on any atom is -0.393 e. The van der Waals surface area contributed by atoms with Gasteiger partial charge in [-0.25, -0.2) is 0 Å². The van der Waals surface area contributed by atoms with Gasteiger partial charge in [0.2, 0.25) is 0 Å². The Morgan fingerprint density at radius 3 is 2.00 bits per heavy atom. The molecule has 0 unspecified atom stereocenters. The van der Waals surface area contributed by atoms with E-state index in [2.05, 4.69) is 6.92 Å². The van der Waals surface area contributed by atoms with E-state index in [-0.39, 0.29) is 24.4 Å². The van der Waals surface area contributed by atoms with Crippen molar-refractivity contribution in [3.63, 3.8) is 0 Å². The van der Waals surface area contributed by atoms with E-state index in [1.807, 2.05) is 0 Å². The zero-order valence-corrected chi connectivity index (χ0v) is 8.83. The summed E-state index contributed by atoms with van der Waals surface area (Å²) in [6.45, 7) is 2.38. The summed E-state index contributed by atoms with van der Waals surface area (Å²) < 4.78 is 5.90. The summed E-state index contributed by atoms with van der Waals surface area (Å²) in [7, 11) is 0. The zero-order chi connectivity index (χ0) is 10.2. The third kappa shape index (κ3) is 1.47. The van der Waals surface area contributed by atoms with Crippen molar-refractivity contribution in [2.24, 2.45) is 5.92 Å². The first-order valence-electron chi connectivity index (χ1n) is 5.59. The quantitative estimate of drug-likeness (QED) is 0.716. The highest BCUT2D eigenvalue weighted by atomic mass is 16.6. The van der Waals surface area contributed by atoms with Gasteiger partial charge >= 0.3 is 0 Å². The summed E-state index contributed by atoms with van der Waals surface area (Å²) in [5, 5.41) is 18.8. The lowest BCUT2D eigenvalue weighted by atomic mass is 9.82. The molecule has 2 aliphatic rings. The normalized spacial score (nSPS) is 46.9. The number of aliphatic hydroxyl groups excluding tert-OH is 2. The Bertz CT molecular complexity index is 199. The standard InChI is InChI=1S/C11H20O3/c1-2-9-5-10(7-12)3-4-11(6-9,8-13)14-10/h9,12-13H,2-8H2,1H3/t9-,10-,11+. The summed E-state index contributed by atoms with van der Waals surface area (Å²) in [4.78, 5) is 0. The molecule has 0 radical (unpaired) electrons. The molecule has 3 nitrogen and oxygen atoms in total. The number of hydrogen-bond donors (Lipinski definition) is 2. The lowest BCUT2D eigenvalue weighted by Gasteiger charge is -2.42. The second-order valence-electron chi connectivity index (χ2n) is 4.97. The predicted molar refractivity (Wildman–Crippen MR) is 53.0 cm³/mol. The molecule has 0 amide bonds. The van der Waals surface area contributed by atoms with E-state index in [9.17, 15) is 10.2 Å². The molecule has 2 heterocycles. The van der Waals surface area contributed by atoms with Crippen LogP contribution in [0.3, 0.4) is 0 Å². The molecule has 0 aromatic carbocycles. The SMILES string of the molecule is CC[C@H]1C[C@]2(CO)CC[C@](CO)(C1)O2. The van der Waals surface area contributed by atoms with E-state index in [0.29, 0.717) is 5.92 Å². The molecule has 3 heteroatoms. The lowest BCUT2D eigenvalue weighted by Crippen LogP contribution is -2.47. The maximum absolute atomic E-state index is 9.38. The number of hydrogen-bond acceptors (Lipinski definition) is 3. The zero-order valence-electron chi connectivity index (χ0n) is 8.83. The van der Waals surface area contributed by atoms with Crippen molar-refractivity contribution in [1.82, 2.24) is 0 Å². The van der Waals surface area contributed by atoms with Gasteiger partial charge in [-0.3, -0.25) is 0 Å². The molecule has 2 aliphatic heterocycles. The Hall–Kier alpha value is -0.120. The van der Waals surface area contributed by atoms with Crippen LogP contribution in [0.4, 0.5) is 0 Å². The predicted octanol–water partition coefficient (Wildman–Crippen LogP) is 1.08. The van der Waals surface area contributed by atoms with Crippen LogP contribution >= 0.6 is 0 Å². The Morgan fingerprint density at radius 2 is 1.64 bits per heavy atom. The van der Waals surface area contributed by atoms with Gasteiger partial charge in [-0.05, 0) is 31.6 Å². The van der Waals surface area contributed by atoms with E-state index >= 15 is 0 Å². The molecule has 0 aliphatic carbocycles. The molecule has 2 rings (SSSR count). The molecule has 14 heavy (non-hydrogen) atoms. The maximum Gasteiger partial charge on any atom is 0.0924 e. The number of fused-ring (bicyclic) bond motifs is 2. The Balaban J connectivity index is 2.18. The highest BCUT2D eigenvalue weighted by Gasteiger charge is 2.54. The van der Waals surface area contributed by atoms with Crippen LogP contribution in [-0.2, 0) is 4.74 Å². The van der Waals surface area contributed by atoms with Gasteiger partial charge in [0.25, 0.3) is 0 Å². The molecule has 0 aromatic rings. The van der Waals surface area contributed by atoms with Crippen LogP contribution in [0.1, 0.15) is 39.0 Å². The van der Waals surface area contributed by atoms with Crippen LogP contribution in [0.2, 0.25) is 0 Å². The van der Waals surface area contributed by atoms with Crippen molar-refractivity contribution in [1.29, 1.82) is 0 Å². The van der Waals surface area contributed by atoms with Crippen LogP contribution in [0, 0.1) is 5.92 Å². The van der Waals surface area contributed by atoms with Gasteiger partial charge < -0.3 is 14.9 Å². The number of ether oxygens (including phenoxy) is 1. The van der Waals surface area contributed by atoms with Gasteiger partial charge in [0.05, 0.1) is 24.4 Å². The van der Waals surface area contributed by atoms with Crippen LogP contribution < -0.4 is 0 Å². The Kier molecular flexibility index (Phi) is 2.58. The summed E-state index contributed by atoms with van der Waals surface area (Å²) in [6.07, 6.45) is 4.84. The molecule has 2 N–H and O–H groups in total. The molecule has 0 spiro atoms. The average molecular weight is 200 g/mol. The largest absolute Gasteiger partial charge is 0.393 e. The average Bonchev–Trinajstić information content (AvgIpc) is 2.52. The van der Waals surface area contributed by atoms with Gasteiger partial charge in [-0.15, -0.1) is 0 Å². The number of aliphatic hydroxyl groups is 2. The number of rotatable bonds is 3. The highest BCUT2D eigenvalue weighted by molar-refractivity contribution is 5.03. The molecule has 0 saturated carbocycles. The highest BCUT2D eigenvalue weighted by Crippen LogP contribution is 2.50. The fourth-order valence-electron chi connectivity index (χ4n) is 3.07. The smallest absolute Gasteiger partial charge is 0.0924 e. The van der Waals surface area contributed by atoms with Crippen molar-refractivity contribution >= 4 is 0 Å². The van der Waals surface area contributed by atoms with E-state index in [1.54, 1.807) is 0 Å². The van der Waals surface area contributed by atoms with Crippen LogP contribution in [0.15, 0.2) is 0 Å². The van der Waals surface area contributed by atoms with Gasteiger partial charge in [0.15, 0.2) is 0 Å². The molecular formula is C11H20O3. The summed E-state index contributed by atoms with van der Waals surface area (Å²) in [6, 6.07) is 0. The van der Waals surface area contributed by atoms with Crippen molar-refractivity contribution in [2.45, 2.75) is 50.2 Å². The van der Waals surface area contributed by atoms with Crippen LogP contribution in [0.5, 0.6) is 0 Å². The van der Waals surface area contributed by atoms with E-state index in [4.69, 9.17) is 4.74 Å². The van der Waals surface area contributed by atoms with Gasteiger partial charge in [0.1, 0.15) is 0 Å². The van der Waals surface area contributed by atoms with Gasteiger partial charge in [-0.2, -0.15) is 0 Å². The minimum absolute atomic E-state index is 0.102. The second-order valence-corrected chi connectivity index (χ2v) is 4.97. The monoisotopic (exact) mass is 200 g/mol. The Morgan fingerprint density at radius 1 is 1.14 bits per heavy atom. The van der Waals surface area contributed by atoms with E-state index < -0.39 is 0 Å². The summed E-state index contributed by atoms with van der Waals surface area (Å²) >= 11 is 0. The Labute approximate surface area is 85.1 Å². The first kappa shape index (κ1) is 10.4. The molecule has 2 fully saturated rings. The van der Waals surface area contributed by atoms with Crippen molar-refractivity contribution < 1.29 is 14.9 Å². The third-order valence-electron chi connectivity index (χ3n) is 3.94. The second kappa shape index (κ2) is 3.47. The first-order valence-corrected chi connectivity index (χ1v) is 5.59. The molecule has 0 aromatic heterocycles. The van der Waals surface area contributed by atoms with Gasteiger partial charge in [0, 0.05) is 0 Å². The topological polar surface area (TPSA) is 49.7 Å². The lowest BCUT2D eigenvalue weighted by molar-refractivity contribution is -0.186. The first-order chi connectivity index (χ1) is 6.67. The van der Waals surface area contributed by atoms with Crippen LogP contribution in [0.25, 0.3) is 0 Å². The molecule has 82 valence electrons. The maximum atomic E-state index is 9.38. The third-order valence-corrected chi connectivity index (χ3v) is 3.94. The molecule has 2 bridgehead atoms. The summed E-state index contributed by atoms with van der Waals surface area (Å²) in [5.41, 5.74) is -0.663. The van der Waals surface area contributed by atoms with Gasteiger partial charge in [-0.1, -0.05) is 13.3 Å². The van der Waals surface area contributed by atoms with Crippen molar-refractivity contribution in [2.75, 3.05) is 13.2 Å². The molecule has 2 saturated heterocycles. The van der Waals surface area contributed by atoms with Crippen LogP contribution in [-0.4, -0.2) is 34.6 Å².